The van der Waals surface area contributed by atoms with Crippen molar-refractivity contribution in [3.05, 3.63) is 27.4 Å². The summed E-state index contributed by atoms with van der Waals surface area (Å²) in [5.74, 6) is 0.322. The zero-order valence-corrected chi connectivity index (χ0v) is 11.7. The Hall–Kier alpha value is -1.73. The summed E-state index contributed by atoms with van der Waals surface area (Å²) in [5.41, 5.74) is 0.718. The van der Waals surface area contributed by atoms with Crippen LogP contribution < -0.4 is 10.9 Å². The van der Waals surface area contributed by atoms with Crippen LogP contribution in [-0.4, -0.2) is 48.3 Å². The maximum atomic E-state index is 11.9. The number of hydrogen-bond donors (Lipinski definition) is 2. The molecule has 1 aromatic heterocycles. The maximum absolute atomic E-state index is 11.9. The Bertz CT molecular complexity index is 535. The van der Waals surface area contributed by atoms with Gasteiger partial charge in [0.05, 0.1) is 32.3 Å². The normalized spacial score (nSPS) is 18.8. The number of hydrogen-bond acceptors (Lipinski definition) is 5. The molecule has 0 aromatic carbocycles. The van der Waals surface area contributed by atoms with Gasteiger partial charge in [-0.3, -0.25) is 9.59 Å². The average Bonchev–Trinajstić information content (AvgIpc) is 2.42. The van der Waals surface area contributed by atoms with Crippen LogP contribution in [0, 0.1) is 13.8 Å². The van der Waals surface area contributed by atoms with Crippen LogP contribution in [-0.2, 0) is 20.7 Å². The lowest BCUT2D eigenvalue weighted by molar-refractivity contribution is -0.123. The number of nitrogens with one attached hydrogen (secondary N) is 2. The van der Waals surface area contributed by atoms with Gasteiger partial charge in [0.25, 0.3) is 5.56 Å². The zero-order valence-electron chi connectivity index (χ0n) is 11.7. The van der Waals surface area contributed by atoms with Crippen molar-refractivity contribution in [1.29, 1.82) is 0 Å². The van der Waals surface area contributed by atoms with Crippen molar-refractivity contribution in [3.63, 3.8) is 0 Å². The molecule has 1 fully saturated rings. The minimum absolute atomic E-state index is 0.0159. The SMILES string of the molecule is Cc1nc(C)c(CC(=O)NCC2COCCO2)c(=O)[nH]1. The van der Waals surface area contributed by atoms with Crippen LogP contribution in [0.3, 0.4) is 0 Å². The van der Waals surface area contributed by atoms with Gasteiger partial charge in [-0.25, -0.2) is 4.98 Å². The third kappa shape index (κ3) is 3.88. The Labute approximate surface area is 116 Å². The van der Waals surface area contributed by atoms with Gasteiger partial charge in [0.15, 0.2) is 0 Å². The van der Waals surface area contributed by atoms with E-state index >= 15 is 0 Å². The molecule has 20 heavy (non-hydrogen) atoms. The number of aromatic amines is 1. The molecule has 2 heterocycles. The molecule has 1 aromatic rings. The Morgan fingerprint density at radius 2 is 2.25 bits per heavy atom. The van der Waals surface area contributed by atoms with Gasteiger partial charge in [-0.05, 0) is 13.8 Å². The topological polar surface area (TPSA) is 93.3 Å². The van der Waals surface area contributed by atoms with Crippen molar-refractivity contribution in [2.45, 2.75) is 26.4 Å². The third-order valence-electron chi connectivity index (χ3n) is 3.09. The lowest BCUT2D eigenvalue weighted by Gasteiger charge is -2.23. The van der Waals surface area contributed by atoms with Gasteiger partial charge in [-0.1, -0.05) is 0 Å². The predicted octanol–water partition coefficient (Wildman–Crippen LogP) is -0.539. The molecule has 0 aliphatic carbocycles. The monoisotopic (exact) mass is 281 g/mol. The fourth-order valence-corrected chi connectivity index (χ4v) is 2.06. The van der Waals surface area contributed by atoms with E-state index in [9.17, 15) is 9.59 Å². The molecule has 1 unspecified atom stereocenters. The minimum atomic E-state index is -0.262. The minimum Gasteiger partial charge on any atom is -0.376 e. The van der Waals surface area contributed by atoms with Crippen LogP contribution in [0.5, 0.6) is 0 Å². The van der Waals surface area contributed by atoms with Crippen LogP contribution in [0.15, 0.2) is 4.79 Å². The summed E-state index contributed by atoms with van der Waals surface area (Å²) >= 11 is 0. The molecule has 1 aliphatic heterocycles. The number of carbonyl (C=O) groups excluding carboxylic acids is 1. The van der Waals surface area contributed by atoms with Gasteiger partial charge >= 0.3 is 0 Å². The first-order valence-corrected chi connectivity index (χ1v) is 6.58. The summed E-state index contributed by atoms with van der Waals surface area (Å²) in [6.07, 6.45) is -0.106. The van der Waals surface area contributed by atoms with Crippen molar-refractivity contribution in [2.75, 3.05) is 26.4 Å². The van der Waals surface area contributed by atoms with E-state index in [1.807, 2.05) is 0 Å². The second-order valence-electron chi connectivity index (χ2n) is 4.76. The van der Waals surface area contributed by atoms with Crippen molar-refractivity contribution in [1.82, 2.24) is 15.3 Å². The predicted molar refractivity (Wildman–Crippen MR) is 71.6 cm³/mol. The van der Waals surface area contributed by atoms with Crippen molar-refractivity contribution in [2.24, 2.45) is 0 Å². The Morgan fingerprint density at radius 1 is 1.45 bits per heavy atom. The van der Waals surface area contributed by atoms with E-state index in [-0.39, 0.29) is 24.0 Å². The van der Waals surface area contributed by atoms with Crippen molar-refractivity contribution < 1.29 is 14.3 Å². The molecule has 7 nitrogen and oxygen atoms in total. The van der Waals surface area contributed by atoms with Gasteiger partial charge in [-0.15, -0.1) is 0 Å². The van der Waals surface area contributed by atoms with Crippen LogP contribution in [0.1, 0.15) is 17.1 Å². The summed E-state index contributed by atoms with van der Waals surface area (Å²) in [6.45, 7) is 5.43. The Balaban J connectivity index is 1.89. The number of H-pyrrole nitrogens is 1. The zero-order chi connectivity index (χ0) is 14.5. The van der Waals surface area contributed by atoms with Crippen molar-refractivity contribution >= 4 is 5.91 Å². The highest BCUT2D eigenvalue weighted by molar-refractivity contribution is 5.78. The number of aryl methyl sites for hydroxylation is 2. The number of amides is 1. The largest absolute Gasteiger partial charge is 0.376 e. The Morgan fingerprint density at radius 3 is 2.90 bits per heavy atom. The van der Waals surface area contributed by atoms with Gasteiger partial charge < -0.3 is 19.8 Å². The summed E-state index contributed by atoms with van der Waals surface area (Å²) in [4.78, 5) is 30.4. The molecule has 1 aliphatic rings. The molecular formula is C13H19N3O4. The Kier molecular flexibility index (Phi) is 4.86. The molecule has 1 amide bonds. The maximum Gasteiger partial charge on any atom is 0.254 e. The van der Waals surface area contributed by atoms with Gasteiger partial charge in [-0.2, -0.15) is 0 Å². The molecule has 7 heteroatoms. The fraction of sp³-hybridized carbons (Fsp3) is 0.615. The first-order chi connectivity index (χ1) is 9.56. The molecule has 110 valence electrons. The molecule has 0 saturated carbocycles. The molecule has 0 bridgehead atoms. The first kappa shape index (κ1) is 14.7. The van der Waals surface area contributed by atoms with Gasteiger partial charge in [0.1, 0.15) is 5.82 Å². The van der Waals surface area contributed by atoms with Crippen LogP contribution in [0.2, 0.25) is 0 Å². The molecule has 2 N–H and O–H groups in total. The van der Waals surface area contributed by atoms with E-state index in [1.165, 1.54) is 0 Å². The summed E-state index contributed by atoms with van der Waals surface area (Å²) < 4.78 is 10.7. The number of aromatic nitrogens is 2. The lowest BCUT2D eigenvalue weighted by atomic mass is 10.1. The quantitative estimate of drug-likeness (QED) is 0.773. The second kappa shape index (κ2) is 6.62. The third-order valence-corrected chi connectivity index (χ3v) is 3.09. The number of nitrogens with zero attached hydrogens (tertiary/aromatic N) is 1. The van der Waals surface area contributed by atoms with Gasteiger partial charge in [0.2, 0.25) is 5.91 Å². The first-order valence-electron chi connectivity index (χ1n) is 6.58. The van der Waals surface area contributed by atoms with Crippen LogP contribution >= 0.6 is 0 Å². The number of ether oxygens (including phenoxy) is 2. The molecular weight excluding hydrogens is 262 g/mol. The van der Waals surface area contributed by atoms with Crippen LogP contribution in [0.4, 0.5) is 0 Å². The summed E-state index contributed by atoms with van der Waals surface area (Å²) in [5, 5.41) is 2.75. The smallest absolute Gasteiger partial charge is 0.254 e. The highest BCUT2D eigenvalue weighted by Crippen LogP contribution is 2.01. The van der Waals surface area contributed by atoms with E-state index in [1.54, 1.807) is 13.8 Å². The summed E-state index contributed by atoms with van der Waals surface area (Å²) in [7, 11) is 0. The molecule has 0 spiro atoms. The molecule has 1 atom stereocenters. The highest BCUT2D eigenvalue weighted by atomic mass is 16.6. The average molecular weight is 281 g/mol. The molecule has 1 saturated heterocycles. The number of carbonyl (C=O) groups is 1. The van der Waals surface area contributed by atoms with Crippen molar-refractivity contribution in [3.8, 4) is 0 Å². The van der Waals surface area contributed by atoms with E-state index < -0.39 is 0 Å². The lowest BCUT2D eigenvalue weighted by Crippen LogP contribution is -2.40. The van der Waals surface area contributed by atoms with Gasteiger partial charge in [0, 0.05) is 17.8 Å². The fourth-order valence-electron chi connectivity index (χ4n) is 2.06. The van der Waals surface area contributed by atoms with E-state index in [0.717, 1.165) is 0 Å². The molecule has 0 radical (unpaired) electrons. The van der Waals surface area contributed by atoms with E-state index in [4.69, 9.17) is 9.47 Å². The standard InChI is InChI=1S/C13H19N3O4/c1-8-11(13(18)16-9(2)15-8)5-12(17)14-6-10-7-19-3-4-20-10/h10H,3-7H2,1-2H3,(H,14,17)(H,15,16,18). The number of rotatable bonds is 4. The summed E-state index contributed by atoms with van der Waals surface area (Å²) in [6, 6.07) is 0. The van der Waals surface area contributed by atoms with Crippen LogP contribution in [0.25, 0.3) is 0 Å². The second-order valence-corrected chi connectivity index (χ2v) is 4.76. The molecule has 2 rings (SSSR count). The van der Waals surface area contributed by atoms with E-state index in [0.29, 0.717) is 43.4 Å². The highest BCUT2D eigenvalue weighted by Gasteiger charge is 2.16. The van der Waals surface area contributed by atoms with E-state index in [2.05, 4.69) is 15.3 Å².